The van der Waals surface area contributed by atoms with Crippen LogP contribution in [0.25, 0.3) is 10.8 Å². The van der Waals surface area contributed by atoms with Crippen molar-refractivity contribution >= 4 is 11.3 Å². The lowest BCUT2D eigenvalue weighted by atomic mass is 10.1. The van der Waals surface area contributed by atoms with E-state index < -0.39 is 0 Å². The lowest BCUT2D eigenvalue weighted by molar-refractivity contribution is 0.425. The Morgan fingerprint density at radius 3 is 2.57 bits per heavy atom. The molecule has 2 aromatic rings. The van der Waals surface area contributed by atoms with Crippen molar-refractivity contribution in [2.24, 2.45) is 13.0 Å². The Morgan fingerprint density at radius 2 is 2.05 bits per heavy atom. The molecule has 1 N–H and O–H groups in total. The highest BCUT2D eigenvalue weighted by molar-refractivity contribution is 7.15. The molecule has 0 amide bonds. The van der Waals surface area contributed by atoms with Gasteiger partial charge in [0.1, 0.15) is 0 Å². The summed E-state index contributed by atoms with van der Waals surface area (Å²) in [6, 6.07) is 0. The average molecular weight is 306 g/mol. The van der Waals surface area contributed by atoms with E-state index in [-0.39, 0.29) is 5.54 Å². The summed E-state index contributed by atoms with van der Waals surface area (Å²) in [7, 11) is 2.01. The number of nitrogens with one attached hydrogen (secondary N) is 1. The van der Waals surface area contributed by atoms with E-state index in [4.69, 9.17) is 4.98 Å². The number of imidazole rings is 1. The topological polar surface area (TPSA) is 42.7 Å². The smallest absolute Gasteiger partial charge is 0.168 e. The van der Waals surface area contributed by atoms with Gasteiger partial charge in [0.05, 0.1) is 5.69 Å². The molecule has 0 aromatic carbocycles. The summed E-state index contributed by atoms with van der Waals surface area (Å²) in [5, 5.41) is 4.59. The van der Waals surface area contributed by atoms with Crippen LogP contribution < -0.4 is 5.32 Å². The zero-order valence-electron chi connectivity index (χ0n) is 13.9. The molecule has 0 unspecified atom stereocenters. The fraction of sp³-hybridized carbons (Fsp3) is 0.625. The standard InChI is InChI=1S/C16H26N4S/c1-11(2)9-12-13(10-18-16(3,4)5)21-15(19-12)14-17-7-8-20(14)6/h7-8,11,18H,9-10H2,1-6H3. The van der Waals surface area contributed by atoms with Crippen LogP contribution in [0.5, 0.6) is 0 Å². The van der Waals surface area contributed by atoms with E-state index in [1.54, 1.807) is 11.3 Å². The largest absolute Gasteiger partial charge is 0.332 e. The monoisotopic (exact) mass is 306 g/mol. The predicted molar refractivity (Wildman–Crippen MR) is 89.5 cm³/mol. The van der Waals surface area contributed by atoms with Crippen molar-refractivity contribution < 1.29 is 0 Å². The predicted octanol–water partition coefficient (Wildman–Crippen LogP) is 3.63. The Bertz CT molecular complexity index is 590. The summed E-state index contributed by atoms with van der Waals surface area (Å²) in [5.41, 5.74) is 1.33. The molecule has 21 heavy (non-hydrogen) atoms. The molecule has 0 aliphatic rings. The first-order valence-corrected chi connectivity index (χ1v) is 8.29. The lowest BCUT2D eigenvalue weighted by Crippen LogP contribution is -2.35. The molecule has 116 valence electrons. The first-order valence-electron chi connectivity index (χ1n) is 7.47. The van der Waals surface area contributed by atoms with E-state index in [2.05, 4.69) is 44.9 Å². The van der Waals surface area contributed by atoms with E-state index >= 15 is 0 Å². The molecule has 0 saturated heterocycles. The minimum atomic E-state index is 0.114. The average Bonchev–Trinajstić information content (AvgIpc) is 2.91. The third-order valence-electron chi connectivity index (χ3n) is 3.17. The van der Waals surface area contributed by atoms with Crippen LogP contribution in [-0.2, 0) is 20.0 Å². The molecule has 0 spiro atoms. The Hall–Kier alpha value is -1.20. The summed E-state index contributed by atoms with van der Waals surface area (Å²) in [5.74, 6) is 1.56. The number of hydrogen-bond donors (Lipinski definition) is 1. The molecule has 4 nitrogen and oxygen atoms in total. The van der Waals surface area contributed by atoms with Crippen LogP contribution in [0.4, 0.5) is 0 Å². The minimum Gasteiger partial charge on any atom is -0.332 e. The van der Waals surface area contributed by atoms with Crippen molar-refractivity contribution in [1.29, 1.82) is 0 Å². The fourth-order valence-electron chi connectivity index (χ4n) is 2.08. The first-order chi connectivity index (χ1) is 9.76. The van der Waals surface area contributed by atoms with Gasteiger partial charge < -0.3 is 9.88 Å². The van der Waals surface area contributed by atoms with E-state index in [0.29, 0.717) is 5.92 Å². The van der Waals surface area contributed by atoms with Gasteiger partial charge in [-0.05, 0) is 33.1 Å². The van der Waals surface area contributed by atoms with Crippen LogP contribution in [0, 0.1) is 5.92 Å². The Morgan fingerprint density at radius 1 is 1.33 bits per heavy atom. The van der Waals surface area contributed by atoms with Gasteiger partial charge in [-0.1, -0.05) is 13.8 Å². The van der Waals surface area contributed by atoms with Crippen molar-refractivity contribution in [1.82, 2.24) is 19.9 Å². The number of thiazole rings is 1. The van der Waals surface area contributed by atoms with E-state index in [0.717, 1.165) is 23.8 Å². The van der Waals surface area contributed by atoms with Gasteiger partial charge >= 0.3 is 0 Å². The van der Waals surface area contributed by atoms with Crippen molar-refractivity contribution in [3.8, 4) is 10.8 Å². The normalized spacial score (nSPS) is 12.3. The molecule has 0 bridgehead atoms. The van der Waals surface area contributed by atoms with E-state index in [1.165, 1.54) is 10.6 Å². The van der Waals surface area contributed by atoms with Gasteiger partial charge in [-0.2, -0.15) is 0 Å². The van der Waals surface area contributed by atoms with Gasteiger partial charge in [0, 0.05) is 36.4 Å². The second-order valence-corrected chi connectivity index (χ2v) is 8.04. The van der Waals surface area contributed by atoms with E-state index in [1.807, 2.05) is 24.0 Å². The molecule has 0 radical (unpaired) electrons. The molecule has 2 heterocycles. The van der Waals surface area contributed by atoms with Crippen molar-refractivity contribution in [3.63, 3.8) is 0 Å². The van der Waals surface area contributed by atoms with Gasteiger partial charge in [-0.25, -0.2) is 9.97 Å². The third-order valence-corrected chi connectivity index (χ3v) is 4.27. The number of aromatic nitrogens is 3. The highest BCUT2D eigenvalue weighted by atomic mass is 32.1. The summed E-state index contributed by atoms with van der Waals surface area (Å²) in [4.78, 5) is 10.6. The summed E-state index contributed by atoms with van der Waals surface area (Å²) in [6.07, 6.45) is 4.81. The van der Waals surface area contributed by atoms with Crippen LogP contribution in [0.2, 0.25) is 0 Å². The van der Waals surface area contributed by atoms with Crippen molar-refractivity contribution in [3.05, 3.63) is 23.0 Å². The highest BCUT2D eigenvalue weighted by Gasteiger charge is 2.18. The Balaban J connectivity index is 2.29. The van der Waals surface area contributed by atoms with Gasteiger partial charge in [-0.15, -0.1) is 11.3 Å². The Labute approximate surface area is 131 Å². The zero-order chi connectivity index (χ0) is 15.6. The maximum Gasteiger partial charge on any atom is 0.168 e. The van der Waals surface area contributed by atoms with E-state index in [9.17, 15) is 0 Å². The maximum absolute atomic E-state index is 4.85. The molecule has 0 aliphatic carbocycles. The van der Waals surface area contributed by atoms with Gasteiger partial charge in [0.25, 0.3) is 0 Å². The molecule has 2 rings (SSSR count). The second kappa shape index (κ2) is 6.28. The van der Waals surface area contributed by atoms with Crippen LogP contribution in [0.1, 0.15) is 45.2 Å². The molecular weight excluding hydrogens is 280 g/mol. The number of aryl methyl sites for hydroxylation is 1. The molecule has 0 atom stereocenters. The molecule has 0 saturated carbocycles. The Kier molecular flexibility index (Phi) is 4.84. The first kappa shape index (κ1) is 16.2. The summed E-state index contributed by atoms with van der Waals surface area (Å²) in [6.45, 7) is 11.9. The van der Waals surface area contributed by atoms with Gasteiger partial charge in [0.2, 0.25) is 0 Å². The summed E-state index contributed by atoms with van der Waals surface area (Å²) < 4.78 is 2.03. The minimum absolute atomic E-state index is 0.114. The number of nitrogens with zero attached hydrogens (tertiary/aromatic N) is 3. The van der Waals surface area contributed by atoms with Crippen LogP contribution in [-0.4, -0.2) is 20.1 Å². The van der Waals surface area contributed by atoms with Crippen molar-refractivity contribution in [2.75, 3.05) is 0 Å². The van der Waals surface area contributed by atoms with Crippen LogP contribution >= 0.6 is 11.3 Å². The molecule has 0 fully saturated rings. The van der Waals surface area contributed by atoms with Crippen LogP contribution in [0.3, 0.4) is 0 Å². The van der Waals surface area contributed by atoms with Gasteiger partial charge in [-0.3, -0.25) is 0 Å². The highest BCUT2D eigenvalue weighted by Crippen LogP contribution is 2.28. The molecule has 0 aliphatic heterocycles. The third kappa shape index (κ3) is 4.38. The fourth-order valence-corrected chi connectivity index (χ4v) is 3.15. The summed E-state index contributed by atoms with van der Waals surface area (Å²) >= 11 is 1.76. The zero-order valence-corrected chi connectivity index (χ0v) is 14.7. The number of hydrogen-bond acceptors (Lipinski definition) is 4. The quantitative estimate of drug-likeness (QED) is 0.917. The molecule has 2 aromatic heterocycles. The second-order valence-electron chi connectivity index (χ2n) is 6.95. The number of rotatable bonds is 5. The molecular formula is C16H26N4S. The SMILES string of the molecule is CC(C)Cc1nc(-c2nccn2C)sc1CNC(C)(C)C. The van der Waals surface area contributed by atoms with Gasteiger partial charge in [0.15, 0.2) is 10.8 Å². The lowest BCUT2D eigenvalue weighted by Gasteiger charge is -2.20. The van der Waals surface area contributed by atoms with Crippen molar-refractivity contribution in [2.45, 2.75) is 53.1 Å². The molecule has 5 heteroatoms. The van der Waals surface area contributed by atoms with Crippen LogP contribution in [0.15, 0.2) is 12.4 Å². The maximum atomic E-state index is 4.85.